The summed E-state index contributed by atoms with van der Waals surface area (Å²) in [5, 5.41) is 2.68. The number of sulfonamides is 1. The molecule has 0 spiro atoms. The molecule has 4 N–H and O–H groups in total. The van der Waals surface area contributed by atoms with E-state index in [1.54, 1.807) is 13.0 Å². The van der Waals surface area contributed by atoms with Gasteiger partial charge in [-0.3, -0.25) is 4.79 Å². The molecule has 0 aliphatic carbocycles. The van der Waals surface area contributed by atoms with E-state index in [1.807, 2.05) is 20.8 Å². The summed E-state index contributed by atoms with van der Waals surface area (Å²) in [5.74, 6) is -0.397. The minimum absolute atomic E-state index is 0.0536. The molecule has 1 aromatic rings. The lowest BCUT2D eigenvalue weighted by Gasteiger charge is -2.20. The van der Waals surface area contributed by atoms with Gasteiger partial charge in [-0.25, -0.2) is 13.1 Å². The summed E-state index contributed by atoms with van der Waals surface area (Å²) < 4.78 is 27.4. The fourth-order valence-corrected chi connectivity index (χ4v) is 3.56. The second-order valence-electron chi connectivity index (χ2n) is 5.74. The van der Waals surface area contributed by atoms with Gasteiger partial charge in [0, 0.05) is 15.7 Å². The number of hydrogen-bond donors (Lipinski definition) is 3. The summed E-state index contributed by atoms with van der Waals surface area (Å²) in [6.45, 7) is 6.74. The van der Waals surface area contributed by atoms with Crippen LogP contribution in [0.4, 0.5) is 5.69 Å². The Hall–Kier alpha value is -1.12. The standard InChI is InChI=1S/C13H20BrN3O3S/c1-8-10(15)5-9(14)6-11(8)21(19,20)16-7-12(18)17-13(2,3)4/h5-6,16H,7,15H2,1-4H3,(H,17,18). The Morgan fingerprint density at radius 3 is 2.43 bits per heavy atom. The molecule has 0 unspecified atom stereocenters. The molecule has 0 aromatic heterocycles. The highest BCUT2D eigenvalue weighted by atomic mass is 79.9. The van der Waals surface area contributed by atoms with Gasteiger partial charge in [-0.05, 0) is 45.4 Å². The van der Waals surface area contributed by atoms with Crippen molar-refractivity contribution >= 4 is 37.5 Å². The van der Waals surface area contributed by atoms with E-state index in [2.05, 4.69) is 26.0 Å². The van der Waals surface area contributed by atoms with Gasteiger partial charge < -0.3 is 11.1 Å². The zero-order valence-corrected chi connectivity index (χ0v) is 14.9. The summed E-state index contributed by atoms with van der Waals surface area (Å²) in [7, 11) is -3.81. The van der Waals surface area contributed by atoms with Crippen LogP contribution in [-0.2, 0) is 14.8 Å². The van der Waals surface area contributed by atoms with E-state index in [0.717, 1.165) is 0 Å². The van der Waals surface area contributed by atoms with Crippen LogP contribution in [-0.4, -0.2) is 26.4 Å². The fourth-order valence-electron chi connectivity index (χ4n) is 1.65. The van der Waals surface area contributed by atoms with E-state index in [0.29, 0.717) is 15.7 Å². The van der Waals surface area contributed by atoms with Crippen LogP contribution < -0.4 is 15.8 Å². The maximum atomic E-state index is 12.3. The van der Waals surface area contributed by atoms with Crippen molar-refractivity contribution in [2.75, 3.05) is 12.3 Å². The van der Waals surface area contributed by atoms with Crippen LogP contribution in [0.25, 0.3) is 0 Å². The number of rotatable bonds is 4. The molecule has 0 aliphatic heterocycles. The molecule has 0 bridgehead atoms. The van der Waals surface area contributed by atoms with E-state index < -0.39 is 21.5 Å². The van der Waals surface area contributed by atoms with Crippen LogP contribution in [0.1, 0.15) is 26.3 Å². The second-order valence-corrected chi connectivity index (χ2v) is 8.39. The number of anilines is 1. The molecule has 1 aromatic carbocycles. The first kappa shape index (κ1) is 17.9. The molecule has 0 saturated heterocycles. The molecular formula is C13H20BrN3O3S. The fraction of sp³-hybridized carbons (Fsp3) is 0.462. The third-order valence-corrected chi connectivity index (χ3v) is 4.58. The summed E-state index contributed by atoms with van der Waals surface area (Å²) in [6.07, 6.45) is 0. The van der Waals surface area contributed by atoms with E-state index in [4.69, 9.17) is 5.73 Å². The number of hydrogen-bond acceptors (Lipinski definition) is 4. The summed E-state index contributed by atoms with van der Waals surface area (Å²) in [4.78, 5) is 11.7. The van der Waals surface area contributed by atoms with Crippen LogP contribution in [0, 0.1) is 6.92 Å². The lowest BCUT2D eigenvalue weighted by molar-refractivity contribution is -0.121. The Labute approximate surface area is 133 Å². The Morgan fingerprint density at radius 1 is 1.33 bits per heavy atom. The van der Waals surface area contributed by atoms with Gasteiger partial charge in [0.1, 0.15) is 0 Å². The summed E-state index contributed by atoms with van der Waals surface area (Å²) >= 11 is 3.21. The number of carbonyl (C=O) groups is 1. The third kappa shape index (κ3) is 5.29. The molecule has 6 nitrogen and oxygen atoms in total. The molecule has 1 rings (SSSR count). The van der Waals surface area contributed by atoms with Gasteiger partial charge in [0.2, 0.25) is 15.9 Å². The minimum Gasteiger partial charge on any atom is -0.398 e. The highest BCUT2D eigenvalue weighted by Crippen LogP contribution is 2.26. The summed E-state index contributed by atoms with van der Waals surface area (Å²) in [5.41, 5.74) is 6.15. The Bertz CT molecular complexity index is 651. The highest BCUT2D eigenvalue weighted by molar-refractivity contribution is 9.10. The lowest BCUT2D eigenvalue weighted by Crippen LogP contribution is -2.45. The molecule has 21 heavy (non-hydrogen) atoms. The van der Waals surface area contributed by atoms with E-state index in [-0.39, 0.29) is 11.4 Å². The molecular weight excluding hydrogens is 358 g/mol. The van der Waals surface area contributed by atoms with Crippen LogP contribution >= 0.6 is 15.9 Å². The number of nitrogens with two attached hydrogens (primary N) is 1. The quantitative estimate of drug-likeness (QED) is 0.692. The number of carbonyl (C=O) groups excluding carboxylic acids is 1. The average Bonchev–Trinajstić information content (AvgIpc) is 2.29. The number of amides is 1. The maximum absolute atomic E-state index is 12.3. The van der Waals surface area contributed by atoms with Crippen molar-refractivity contribution in [1.29, 1.82) is 0 Å². The van der Waals surface area contributed by atoms with Crippen LogP contribution in [0.5, 0.6) is 0 Å². The first-order valence-electron chi connectivity index (χ1n) is 6.29. The first-order chi connectivity index (χ1) is 9.42. The smallest absolute Gasteiger partial charge is 0.241 e. The topological polar surface area (TPSA) is 101 Å². The van der Waals surface area contributed by atoms with Gasteiger partial charge >= 0.3 is 0 Å². The molecule has 0 fully saturated rings. The number of halogens is 1. The third-order valence-electron chi connectivity index (χ3n) is 2.59. The molecule has 1 amide bonds. The van der Waals surface area contributed by atoms with Crippen molar-refractivity contribution in [2.24, 2.45) is 0 Å². The molecule has 0 saturated carbocycles. The lowest BCUT2D eigenvalue weighted by atomic mass is 10.1. The van der Waals surface area contributed by atoms with Gasteiger partial charge in [-0.15, -0.1) is 0 Å². The van der Waals surface area contributed by atoms with Crippen LogP contribution in [0.3, 0.4) is 0 Å². The largest absolute Gasteiger partial charge is 0.398 e. The molecule has 0 heterocycles. The van der Waals surface area contributed by atoms with E-state index >= 15 is 0 Å². The van der Waals surface area contributed by atoms with Gasteiger partial charge in [-0.2, -0.15) is 0 Å². The molecule has 0 radical (unpaired) electrons. The van der Waals surface area contributed by atoms with Crippen molar-refractivity contribution in [3.63, 3.8) is 0 Å². The summed E-state index contributed by atoms with van der Waals surface area (Å²) in [6, 6.07) is 3.08. The van der Waals surface area contributed by atoms with Crippen LogP contribution in [0.2, 0.25) is 0 Å². The van der Waals surface area contributed by atoms with Crippen molar-refractivity contribution in [2.45, 2.75) is 38.1 Å². The van der Waals surface area contributed by atoms with Gasteiger partial charge in [0.25, 0.3) is 0 Å². The Kier molecular flexibility index (Phi) is 5.40. The number of benzene rings is 1. The van der Waals surface area contributed by atoms with E-state index in [1.165, 1.54) is 6.07 Å². The van der Waals surface area contributed by atoms with Crippen molar-refractivity contribution in [3.8, 4) is 0 Å². The number of nitrogens with one attached hydrogen (secondary N) is 2. The van der Waals surface area contributed by atoms with Gasteiger partial charge in [-0.1, -0.05) is 15.9 Å². The SMILES string of the molecule is Cc1c(N)cc(Br)cc1S(=O)(=O)NCC(=O)NC(C)(C)C. The molecule has 0 atom stereocenters. The van der Waals surface area contributed by atoms with Crippen molar-refractivity contribution < 1.29 is 13.2 Å². The Morgan fingerprint density at radius 2 is 1.90 bits per heavy atom. The predicted molar refractivity (Wildman–Crippen MR) is 86.4 cm³/mol. The highest BCUT2D eigenvalue weighted by Gasteiger charge is 2.21. The van der Waals surface area contributed by atoms with Crippen molar-refractivity contribution in [1.82, 2.24) is 10.0 Å². The monoisotopic (exact) mass is 377 g/mol. The minimum atomic E-state index is -3.81. The maximum Gasteiger partial charge on any atom is 0.241 e. The average molecular weight is 378 g/mol. The molecule has 0 aliphatic rings. The zero-order valence-electron chi connectivity index (χ0n) is 12.5. The first-order valence-corrected chi connectivity index (χ1v) is 8.56. The second kappa shape index (κ2) is 6.33. The zero-order chi connectivity index (χ0) is 16.4. The normalized spacial score (nSPS) is 12.2. The number of nitrogen functional groups attached to an aromatic ring is 1. The molecule has 118 valence electrons. The predicted octanol–water partition coefficient (Wildman–Crippen LogP) is 1.53. The van der Waals surface area contributed by atoms with Gasteiger partial charge in [0.15, 0.2) is 0 Å². The van der Waals surface area contributed by atoms with Gasteiger partial charge in [0.05, 0.1) is 11.4 Å². The van der Waals surface area contributed by atoms with Crippen molar-refractivity contribution in [3.05, 3.63) is 22.2 Å². The van der Waals surface area contributed by atoms with E-state index in [9.17, 15) is 13.2 Å². The van der Waals surface area contributed by atoms with Crippen LogP contribution in [0.15, 0.2) is 21.5 Å². The molecule has 8 heteroatoms. The Balaban J connectivity index is 2.91.